The Bertz CT molecular complexity index is 530. The van der Waals surface area contributed by atoms with Crippen LogP contribution in [0.2, 0.25) is 0 Å². The molecule has 1 heterocycles. The number of nitrogens with zero attached hydrogens (tertiary/aromatic N) is 1. The third kappa shape index (κ3) is 4.56. The smallest absolute Gasteiger partial charge is 0.310 e. The molecule has 2 rings (SSSR count). The van der Waals surface area contributed by atoms with E-state index in [-0.39, 0.29) is 17.8 Å². The van der Waals surface area contributed by atoms with Crippen molar-refractivity contribution >= 4 is 17.6 Å². The molecule has 0 bridgehead atoms. The SMILES string of the molecule is CCOC(=O)C1CCCN(CC(=O)Nc2ccccc2C)C1. The lowest BCUT2D eigenvalue weighted by Gasteiger charge is -2.30. The number of nitrogens with one attached hydrogen (secondary N) is 1. The van der Waals surface area contributed by atoms with Crippen molar-refractivity contribution in [2.75, 3.05) is 31.6 Å². The summed E-state index contributed by atoms with van der Waals surface area (Å²) in [5.41, 5.74) is 1.88. The maximum absolute atomic E-state index is 12.2. The summed E-state index contributed by atoms with van der Waals surface area (Å²) in [5.74, 6) is -0.301. The second-order valence-electron chi connectivity index (χ2n) is 5.69. The monoisotopic (exact) mass is 304 g/mol. The van der Waals surface area contributed by atoms with Crippen molar-refractivity contribution in [3.63, 3.8) is 0 Å². The molecule has 0 aromatic heterocycles. The number of rotatable bonds is 5. The van der Waals surface area contributed by atoms with Gasteiger partial charge in [-0.1, -0.05) is 18.2 Å². The number of amides is 1. The minimum absolute atomic E-state index is 0.0428. The Balaban J connectivity index is 1.86. The molecule has 5 heteroatoms. The largest absolute Gasteiger partial charge is 0.466 e. The van der Waals surface area contributed by atoms with Crippen LogP contribution in [0.5, 0.6) is 0 Å². The van der Waals surface area contributed by atoms with E-state index in [1.807, 2.05) is 43.0 Å². The van der Waals surface area contributed by atoms with Crippen LogP contribution in [0.1, 0.15) is 25.3 Å². The molecular formula is C17H24N2O3. The Hall–Kier alpha value is -1.88. The van der Waals surface area contributed by atoms with Crippen LogP contribution in [0.3, 0.4) is 0 Å². The summed E-state index contributed by atoms with van der Waals surface area (Å²) in [4.78, 5) is 26.0. The zero-order valence-electron chi connectivity index (χ0n) is 13.3. The van der Waals surface area contributed by atoms with Crippen molar-refractivity contribution in [1.29, 1.82) is 0 Å². The van der Waals surface area contributed by atoms with E-state index in [0.29, 0.717) is 19.7 Å². The van der Waals surface area contributed by atoms with Gasteiger partial charge in [0.15, 0.2) is 0 Å². The number of piperidine rings is 1. The molecule has 0 aliphatic carbocycles. The lowest BCUT2D eigenvalue weighted by molar-refractivity contribution is -0.150. The number of para-hydroxylation sites is 1. The number of hydrogen-bond acceptors (Lipinski definition) is 4. The van der Waals surface area contributed by atoms with Crippen LogP contribution < -0.4 is 5.32 Å². The Morgan fingerprint density at radius 2 is 2.14 bits per heavy atom. The fourth-order valence-corrected chi connectivity index (χ4v) is 2.76. The molecule has 0 radical (unpaired) electrons. The normalized spacial score (nSPS) is 18.7. The van der Waals surface area contributed by atoms with E-state index in [1.54, 1.807) is 0 Å². The van der Waals surface area contributed by atoms with Gasteiger partial charge in [0.25, 0.3) is 0 Å². The van der Waals surface area contributed by atoms with Crippen LogP contribution >= 0.6 is 0 Å². The Morgan fingerprint density at radius 3 is 2.86 bits per heavy atom. The molecule has 5 nitrogen and oxygen atoms in total. The third-order valence-electron chi connectivity index (χ3n) is 3.91. The molecule has 1 atom stereocenters. The number of aryl methyl sites for hydroxylation is 1. The van der Waals surface area contributed by atoms with Gasteiger partial charge in [-0.05, 0) is 44.9 Å². The maximum atomic E-state index is 12.2. The highest BCUT2D eigenvalue weighted by Crippen LogP contribution is 2.18. The fourth-order valence-electron chi connectivity index (χ4n) is 2.76. The van der Waals surface area contributed by atoms with Gasteiger partial charge in [-0.2, -0.15) is 0 Å². The van der Waals surface area contributed by atoms with Crippen LogP contribution in [-0.2, 0) is 14.3 Å². The summed E-state index contributed by atoms with van der Waals surface area (Å²) in [6.45, 7) is 5.94. The quantitative estimate of drug-likeness (QED) is 0.847. The predicted octanol–water partition coefficient (Wildman–Crippen LogP) is 2.21. The Kier molecular flexibility index (Phi) is 5.95. The molecule has 1 aliphatic rings. The van der Waals surface area contributed by atoms with E-state index < -0.39 is 0 Å². The van der Waals surface area contributed by atoms with Crippen molar-refractivity contribution in [2.45, 2.75) is 26.7 Å². The van der Waals surface area contributed by atoms with Gasteiger partial charge in [0, 0.05) is 12.2 Å². The minimum atomic E-state index is -0.147. The fraction of sp³-hybridized carbons (Fsp3) is 0.529. The molecule has 1 aromatic carbocycles. The number of hydrogen-bond donors (Lipinski definition) is 1. The van der Waals surface area contributed by atoms with E-state index in [9.17, 15) is 9.59 Å². The molecule has 1 unspecified atom stereocenters. The Labute approximate surface area is 131 Å². The average Bonchev–Trinajstić information content (AvgIpc) is 2.50. The van der Waals surface area contributed by atoms with Crippen LogP contribution in [0.15, 0.2) is 24.3 Å². The van der Waals surface area contributed by atoms with Crippen molar-refractivity contribution in [3.8, 4) is 0 Å². The van der Waals surface area contributed by atoms with Crippen LogP contribution in [-0.4, -0.2) is 43.0 Å². The van der Waals surface area contributed by atoms with Crippen molar-refractivity contribution in [1.82, 2.24) is 4.90 Å². The van der Waals surface area contributed by atoms with E-state index in [1.165, 1.54) is 0 Å². The zero-order chi connectivity index (χ0) is 15.9. The van der Waals surface area contributed by atoms with E-state index in [4.69, 9.17) is 4.74 Å². The molecular weight excluding hydrogens is 280 g/mol. The number of likely N-dealkylation sites (tertiary alicyclic amines) is 1. The molecule has 120 valence electrons. The zero-order valence-corrected chi connectivity index (χ0v) is 13.3. The van der Waals surface area contributed by atoms with Gasteiger partial charge in [0.2, 0.25) is 5.91 Å². The van der Waals surface area contributed by atoms with Crippen LogP contribution in [0, 0.1) is 12.8 Å². The number of carbonyl (C=O) groups excluding carboxylic acids is 2. The third-order valence-corrected chi connectivity index (χ3v) is 3.91. The molecule has 22 heavy (non-hydrogen) atoms. The van der Waals surface area contributed by atoms with Crippen molar-refractivity contribution < 1.29 is 14.3 Å². The summed E-state index contributed by atoms with van der Waals surface area (Å²) < 4.78 is 5.08. The van der Waals surface area contributed by atoms with E-state index >= 15 is 0 Å². The highest BCUT2D eigenvalue weighted by molar-refractivity contribution is 5.93. The minimum Gasteiger partial charge on any atom is -0.466 e. The molecule has 1 fully saturated rings. The van der Waals surface area contributed by atoms with Crippen LogP contribution in [0.25, 0.3) is 0 Å². The number of carbonyl (C=O) groups is 2. The first-order valence-electron chi connectivity index (χ1n) is 7.84. The summed E-state index contributed by atoms with van der Waals surface area (Å²) >= 11 is 0. The number of esters is 1. The van der Waals surface area contributed by atoms with Gasteiger partial charge in [-0.25, -0.2) is 0 Å². The molecule has 1 aromatic rings. The standard InChI is InChI=1S/C17H24N2O3/c1-3-22-17(21)14-8-6-10-19(11-14)12-16(20)18-15-9-5-4-7-13(15)2/h4-5,7,9,14H,3,6,8,10-12H2,1-2H3,(H,18,20). The lowest BCUT2D eigenvalue weighted by Crippen LogP contribution is -2.43. The molecule has 1 aliphatic heterocycles. The first-order valence-corrected chi connectivity index (χ1v) is 7.84. The first kappa shape index (κ1) is 16.5. The number of benzene rings is 1. The molecule has 1 saturated heterocycles. The van der Waals surface area contributed by atoms with Gasteiger partial charge < -0.3 is 10.1 Å². The van der Waals surface area contributed by atoms with Gasteiger partial charge in [-0.3, -0.25) is 14.5 Å². The highest BCUT2D eigenvalue weighted by atomic mass is 16.5. The number of anilines is 1. The first-order chi connectivity index (χ1) is 10.6. The summed E-state index contributed by atoms with van der Waals surface area (Å²) in [5, 5.41) is 2.93. The van der Waals surface area contributed by atoms with Gasteiger partial charge in [-0.15, -0.1) is 0 Å². The van der Waals surface area contributed by atoms with Crippen molar-refractivity contribution in [2.24, 2.45) is 5.92 Å². The topological polar surface area (TPSA) is 58.6 Å². The van der Waals surface area contributed by atoms with Gasteiger partial charge in [0.05, 0.1) is 19.1 Å². The van der Waals surface area contributed by atoms with Gasteiger partial charge >= 0.3 is 5.97 Å². The Morgan fingerprint density at radius 1 is 1.36 bits per heavy atom. The molecule has 0 spiro atoms. The van der Waals surface area contributed by atoms with Crippen LogP contribution in [0.4, 0.5) is 5.69 Å². The summed E-state index contributed by atoms with van der Waals surface area (Å²) in [7, 11) is 0. The molecule has 1 amide bonds. The van der Waals surface area contributed by atoms with Crippen molar-refractivity contribution in [3.05, 3.63) is 29.8 Å². The lowest BCUT2D eigenvalue weighted by atomic mass is 9.98. The molecule has 0 saturated carbocycles. The number of ether oxygens (including phenoxy) is 1. The average molecular weight is 304 g/mol. The summed E-state index contributed by atoms with van der Waals surface area (Å²) in [6, 6.07) is 7.71. The second-order valence-corrected chi connectivity index (χ2v) is 5.69. The summed E-state index contributed by atoms with van der Waals surface area (Å²) in [6.07, 6.45) is 1.76. The predicted molar refractivity (Wildman–Crippen MR) is 85.6 cm³/mol. The van der Waals surface area contributed by atoms with Gasteiger partial charge in [0.1, 0.15) is 0 Å². The second kappa shape index (κ2) is 7.94. The van der Waals surface area contributed by atoms with E-state index in [0.717, 1.165) is 30.6 Å². The maximum Gasteiger partial charge on any atom is 0.310 e. The molecule has 1 N–H and O–H groups in total. The van der Waals surface area contributed by atoms with E-state index in [2.05, 4.69) is 5.32 Å². The highest BCUT2D eigenvalue weighted by Gasteiger charge is 2.27.